The number of aromatic nitrogens is 6. The molecule has 0 atom stereocenters. The van der Waals surface area contributed by atoms with Gasteiger partial charge in [0.05, 0.1) is 38.7 Å². The highest BCUT2D eigenvalue weighted by Gasteiger charge is 2.24. The van der Waals surface area contributed by atoms with Gasteiger partial charge < -0.3 is 14.9 Å². The second kappa shape index (κ2) is 11.5. The molecule has 0 saturated carbocycles. The van der Waals surface area contributed by atoms with Crippen LogP contribution in [0.25, 0.3) is 55.2 Å². The van der Waals surface area contributed by atoms with Crippen molar-refractivity contribution < 1.29 is 14.7 Å². The molecule has 7 heterocycles. The Morgan fingerprint density at radius 1 is 0.660 bits per heavy atom. The summed E-state index contributed by atoms with van der Waals surface area (Å²) in [7, 11) is 2.11. The van der Waals surface area contributed by atoms with Gasteiger partial charge in [-0.2, -0.15) is 0 Å². The lowest BCUT2D eigenvalue weighted by atomic mass is 10.1. The van der Waals surface area contributed by atoms with E-state index in [-0.39, 0.29) is 11.5 Å². The molecule has 1 aliphatic rings. The van der Waals surface area contributed by atoms with Gasteiger partial charge in [0.1, 0.15) is 5.56 Å². The van der Waals surface area contributed by atoms with Crippen LogP contribution in [0.2, 0.25) is 0 Å². The van der Waals surface area contributed by atoms with Gasteiger partial charge >= 0.3 is 5.97 Å². The molecule has 47 heavy (non-hydrogen) atoms. The first-order valence-electron chi connectivity index (χ1n) is 15.5. The van der Waals surface area contributed by atoms with E-state index in [1.165, 1.54) is 0 Å². The predicted molar refractivity (Wildman–Crippen MR) is 181 cm³/mol. The molecule has 2 aromatic carbocycles. The molecular formula is C36H30N8O3. The smallest absolute Gasteiger partial charge is 0.339 e. The molecule has 6 aromatic heterocycles. The van der Waals surface area contributed by atoms with E-state index in [0.717, 1.165) is 82.1 Å². The first-order chi connectivity index (χ1) is 23.0. The van der Waals surface area contributed by atoms with E-state index in [2.05, 4.69) is 31.3 Å². The SMILES string of the molecule is CN1CCCN(C(=O)c2cc3cnccc3n3c2nc2ccccc23)CC1.O=C(O)c1cc2cnccc2n2c1nc1ccccc12. The van der Waals surface area contributed by atoms with E-state index >= 15 is 0 Å². The molecule has 9 rings (SSSR count). The van der Waals surface area contributed by atoms with E-state index in [1.807, 2.05) is 82.2 Å². The zero-order valence-electron chi connectivity index (χ0n) is 25.6. The van der Waals surface area contributed by atoms with Gasteiger partial charge in [0.25, 0.3) is 5.91 Å². The molecule has 1 saturated heterocycles. The molecule has 0 aliphatic carbocycles. The second-order valence-corrected chi connectivity index (χ2v) is 11.8. The fraction of sp³-hybridized carbons (Fsp3) is 0.167. The highest BCUT2D eigenvalue weighted by atomic mass is 16.4. The van der Waals surface area contributed by atoms with Crippen molar-refractivity contribution >= 4 is 67.0 Å². The Balaban J connectivity index is 0.000000144. The van der Waals surface area contributed by atoms with Crippen LogP contribution in [0.15, 0.2) is 97.6 Å². The van der Waals surface area contributed by atoms with Gasteiger partial charge in [0, 0.05) is 55.2 Å². The number of likely N-dealkylation sites (N-methyl/N-ethyl adjacent to an activating group) is 1. The van der Waals surface area contributed by atoms with Crippen LogP contribution in [0, 0.1) is 0 Å². The van der Waals surface area contributed by atoms with Crippen molar-refractivity contribution in [3.05, 3.63) is 109 Å². The number of fused-ring (bicyclic) bond motifs is 10. The summed E-state index contributed by atoms with van der Waals surface area (Å²) in [6, 6.07) is 23.0. The van der Waals surface area contributed by atoms with Crippen LogP contribution in [0.5, 0.6) is 0 Å². The third kappa shape index (κ3) is 4.88. The Morgan fingerprint density at radius 3 is 1.81 bits per heavy atom. The number of rotatable bonds is 2. The lowest BCUT2D eigenvalue weighted by molar-refractivity contribution is 0.0697. The Kier molecular flexibility index (Phi) is 6.95. The van der Waals surface area contributed by atoms with Crippen LogP contribution in [0.3, 0.4) is 0 Å². The van der Waals surface area contributed by atoms with Crippen molar-refractivity contribution in [2.24, 2.45) is 0 Å². The van der Waals surface area contributed by atoms with Crippen LogP contribution < -0.4 is 0 Å². The number of hydrogen-bond acceptors (Lipinski definition) is 7. The number of carbonyl (C=O) groups excluding carboxylic acids is 1. The molecule has 11 nitrogen and oxygen atoms in total. The van der Waals surface area contributed by atoms with E-state index < -0.39 is 5.97 Å². The fourth-order valence-electron chi connectivity index (χ4n) is 6.50. The van der Waals surface area contributed by atoms with E-state index in [4.69, 9.17) is 4.98 Å². The molecule has 1 fully saturated rings. The van der Waals surface area contributed by atoms with Gasteiger partial charge in [-0.3, -0.25) is 23.6 Å². The molecule has 1 aliphatic heterocycles. The summed E-state index contributed by atoms with van der Waals surface area (Å²) in [5.41, 5.74) is 7.49. The minimum absolute atomic E-state index is 0.0522. The molecule has 11 heteroatoms. The summed E-state index contributed by atoms with van der Waals surface area (Å²) < 4.78 is 3.96. The predicted octanol–water partition coefficient (Wildman–Crippen LogP) is 5.55. The number of imidazole rings is 2. The number of carbonyl (C=O) groups is 2. The van der Waals surface area contributed by atoms with Gasteiger partial charge in [-0.1, -0.05) is 24.3 Å². The Morgan fingerprint density at radius 2 is 1.21 bits per heavy atom. The van der Waals surface area contributed by atoms with Crippen molar-refractivity contribution in [1.82, 2.24) is 38.5 Å². The van der Waals surface area contributed by atoms with Crippen LogP contribution in [-0.2, 0) is 0 Å². The number of benzene rings is 2. The fourth-order valence-corrected chi connectivity index (χ4v) is 6.50. The molecule has 0 unspecified atom stereocenters. The Labute approximate surface area is 268 Å². The normalized spacial score (nSPS) is 14.2. The van der Waals surface area contributed by atoms with Crippen LogP contribution in [-0.4, -0.2) is 88.7 Å². The molecule has 0 radical (unpaired) electrons. The summed E-state index contributed by atoms with van der Waals surface area (Å²) in [4.78, 5) is 46.7. The number of para-hydroxylation sites is 4. The number of carboxylic acids is 1. The minimum Gasteiger partial charge on any atom is -0.478 e. The van der Waals surface area contributed by atoms with E-state index in [9.17, 15) is 14.7 Å². The minimum atomic E-state index is -0.990. The third-order valence-electron chi connectivity index (χ3n) is 8.81. The molecule has 0 bridgehead atoms. The average molecular weight is 623 g/mol. The first-order valence-corrected chi connectivity index (χ1v) is 15.5. The highest BCUT2D eigenvalue weighted by Crippen LogP contribution is 2.28. The van der Waals surface area contributed by atoms with Crippen molar-refractivity contribution in [3.63, 3.8) is 0 Å². The standard InChI is InChI=1S/C21H21N5O.C15H9N3O2/c1-24-9-4-10-25(12-11-24)21(27)16-13-15-14-22-8-7-18(15)26-19-6-3-2-5-17(19)23-20(16)26;19-15(20)10-7-9-8-16-6-5-12(9)18-13-4-2-1-3-11(13)17-14(10)18/h2-3,5-8,13-14H,4,9-12H2,1H3;1-8H,(H,19,20). The largest absolute Gasteiger partial charge is 0.478 e. The first kappa shape index (κ1) is 28.5. The molecule has 232 valence electrons. The lowest BCUT2D eigenvalue weighted by Gasteiger charge is -2.21. The van der Waals surface area contributed by atoms with Gasteiger partial charge in [-0.15, -0.1) is 0 Å². The number of carboxylic acid groups (broad SMARTS) is 1. The van der Waals surface area contributed by atoms with E-state index in [1.54, 1.807) is 24.7 Å². The quantitative estimate of drug-likeness (QED) is 0.267. The monoisotopic (exact) mass is 622 g/mol. The second-order valence-electron chi connectivity index (χ2n) is 11.8. The van der Waals surface area contributed by atoms with Crippen molar-refractivity contribution in [3.8, 4) is 0 Å². The van der Waals surface area contributed by atoms with Crippen molar-refractivity contribution in [2.45, 2.75) is 6.42 Å². The maximum atomic E-state index is 13.4. The highest BCUT2D eigenvalue weighted by molar-refractivity contribution is 6.06. The van der Waals surface area contributed by atoms with Crippen LogP contribution in [0.1, 0.15) is 27.1 Å². The van der Waals surface area contributed by atoms with Crippen molar-refractivity contribution in [1.29, 1.82) is 0 Å². The summed E-state index contributed by atoms with van der Waals surface area (Å²) in [6.07, 6.45) is 7.94. The van der Waals surface area contributed by atoms with Gasteiger partial charge in [-0.25, -0.2) is 14.8 Å². The summed E-state index contributed by atoms with van der Waals surface area (Å²) in [5, 5.41) is 11.1. The Hall–Kier alpha value is -5.94. The maximum Gasteiger partial charge on any atom is 0.339 e. The van der Waals surface area contributed by atoms with Crippen molar-refractivity contribution in [2.75, 3.05) is 33.2 Å². The zero-order valence-corrected chi connectivity index (χ0v) is 25.6. The third-order valence-corrected chi connectivity index (χ3v) is 8.81. The molecule has 0 spiro atoms. The van der Waals surface area contributed by atoms with E-state index in [0.29, 0.717) is 11.2 Å². The average Bonchev–Trinajstić information content (AvgIpc) is 3.61. The van der Waals surface area contributed by atoms with Gasteiger partial charge in [-0.05, 0) is 68.5 Å². The number of amides is 1. The summed E-state index contributed by atoms with van der Waals surface area (Å²) in [5.74, 6) is -0.938. The molecule has 1 amide bonds. The Bertz CT molecular complexity index is 2500. The van der Waals surface area contributed by atoms with Gasteiger partial charge in [0.15, 0.2) is 11.3 Å². The van der Waals surface area contributed by atoms with Crippen LogP contribution in [0.4, 0.5) is 0 Å². The maximum absolute atomic E-state index is 13.4. The van der Waals surface area contributed by atoms with Crippen LogP contribution >= 0.6 is 0 Å². The summed E-state index contributed by atoms with van der Waals surface area (Å²) in [6.45, 7) is 3.44. The number of hydrogen-bond donors (Lipinski definition) is 1. The lowest BCUT2D eigenvalue weighted by Crippen LogP contribution is -2.34. The van der Waals surface area contributed by atoms with Gasteiger partial charge in [0.2, 0.25) is 0 Å². The molecule has 1 N–H and O–H groups in total. The number of pyridine rings is 4. The number of nitrogens with zero attached hydrogens (tertiary/aromatic N) is 8. The topological polar surface area (TPSA) is 121 Å². The number of aromatic carboxylic acids is 1. The zero-order chi connectivity index (χ0) is 32.1. The summed E-state index contributed by atoms with van der Waals surface area (Å²) >= 11 is 0. The molecular weight excluding hydrogens is 592 g/mol. The molecule has 8 aromatic rings.